The van der Waals surface area contributed by atoms with Gasteiger partial charge < -0.3 is 15.0 Å². The van der Waals surface area contributed by atoms with Gasteiger partial charge in [-0.25, -0.2) is 0 Å². The summed E-state index contributed by atoms with van der Waals surface area (Å²) in [5, 5.41) is 13.0. The summed E-state index contributed by atoms with van der Waals surface area (Å²) in [5.74, 6) is -0.762. The number of ketones is 1. The summed E-state index contributed by atoms with van der Waals surface area (Å²) in [4.78, 5) is 24.6. The van der Waals surface area contributed by atoms with E-state index in [0.29, 0.717) is 18.5 Å². The number of aliphatic carboxylic acids is 1. The van der Waals surface area contributed by atoms with Crippen LogP contribution in [-0.2, 0) is 11.3 Å². The van der Waals surface area contributed by atoms with E-state index < -0.39 is 5.97 Å². The summed E-state index contributed by atoms with van der Waals surface area (Å²) in [5.41, 5.74) is 5.16. The molecule has 0 spiro atoms. The zero-order valence-corrected chi connectivity index (χ0v) is 20.1. The molecule has 0 saturated heterocycles. The summed E-state index contributed by atoms with van der Waals surface area (Å²) in [6.07, 6.45) is 0.407. The summed E-state index contributed by atoms with van der Waals surface area (Å²) in [7, 11) is 0. The normalized spacial score (nSPS) is 17.1. The number of aromatic nitrogens is 1. The number of Topliss-reactive ketones (excluding diaryl/α,β-unsaturated/α-hetero) is 1. The monoisotopic (exact) mass is 494 g/mol. The lowest BCUT2D eigenvalue weighted by molar-refractivity contribution is -0.137. The zero-order valence-electron chi connectivity index (χ0n) is 18.5. The Morgan fingerprint density at radius 3 is 2.44 bits per heavy atom. The second-order valence-electron chi connectivity index (χ2n) is 9.16. The molecular formula is C26H27BrN2O3. The van der Waals surface area contributed by atoms with Crippen LogP contribution in [0, 0.1) is 12.3 Å². The quantitative estimate of drug-likeness (QED) is 0.412. The molecule has 1 aromatic heterocycles. The maximum absolute atomic E-state index is 13.2. The Kier molecular flexibility index (Phi) is 5.99. The number of halogens is 1. The number of aryl methyl sites for hydroxylation is 1. The summed E-state index contributed by atoms with van der Waals surface area (Å²) in [6, 6.07) is 17.9. The van der Waals surface area contributed by atoms with E-state index in [-0.39, 0.29) is 23.7 Å². The molecule has 3 aromatic rings. The van der Waals surface area contributed by atoms with Crippen molar-refractivity contribution < 1.29 is 14.7 Å². The van der Waals surface area contributed by atoms with Crippen molar-refractivity contribution >= 4 is 33.4 Å². The maximum Gasteiger partial charge on any atom is 0.305 e. The first-order valence-corrected chi connectivity index (χ1v) is 11.5. The van der Waals surface area contributed by atoms with Gasteiger partial charge in [-0.15, -0.1) is 0 Å². The number of benzene rings is 2. The van der Waals surface area contributed by atoms with E-state index in [1.54, 1.807) is 0 Å². The molecule has 1 unspecified atom stereocenters. The van der Waals surface area contributed by atoms with Crippen LogP contribution in [0.1, 0.15) is 54.3 Å². The van der Waals surface area contributed by atoms with Crippen LogP contribution in [0.3, 0.4) is 0 Å². The van der Waals surface area contributed by atoms with Crippen molar-refractivity contribution in [3.8, 4) is 11.3 Å². The molecule has 0 saturated carbocycles. The van der Waals surface area contributed by atoms with Crippen LogP contribution in [0.4, 0.5) is 5.69 Å². The average Bonchev–Trinajstić information content (AvgIpc) is 3.11. The van der Waals surface area contributed by atoms with Gasteiger partial charge in [-0.1, -0.05) is 59.6 Å². The number of hydrogen-bond acceptors (Lipinski definition) is 3. The van der Waals surface area contributed by atoms with E-state index in [4.69, 9.17) is 0 Å². The SMILES string of the molecule is Cc1ccc(-c2cc3c(n2CCC(=O)O)C(Nc2ccc(Br)cc2)C(C)(C)CC3=O)cc1. The maximum atomic E-state index is 13.2. The minimum atomic E-state index is -0.860. The molecular weight excluding hydrogens is 468 g/mol. The number of carboxylic acids is 1. The van der Waals surface area contributed by atoms with Gasteiger partial charge in [0.05, 0.1) is 18.2 Å². The zero-order chi connectivity index (χ0) is 23.0. The third-order valence-corrected chi connectivity index (χ3v) is 6.69. The van der Waals surface area contributed by atoms with Crippen molar-refractivity contribution in [1.29, 1.82) is 0 Å². The molecule has 2 N–H and O–H groups in total. The third kappa shape index (κ3) is 4.37. The Morgan fingerprint density at radius 1 is 1.16 bits per heavy atom. The van der Waals surface area contributed by atoms with Crippen molar-refractivity contribution in [3.05, 3.63) is 75.9 Å². The second-order valence-corrected chi connectivity index (χ2v) is 10.1. The molecule has 1 heterocycles. The van der Waals surface area contributed by atoms with Gasteiger partial charge in [0.15, 0.2) is 5.78 Å². The van der Waals surface area contributed by atoms with E-state index >= 15 is 0 Å². The lowest BCUT2D eigenvalue weighted by atomic mass is 9.72. The van der Waals surface area contributed by atoms with Crippen LogP contribution in [0.15, 0.2) is 59.1 Å². The first-order valence-electron chi connectivity index (χ1n) is 10.7. The fraction of sp³-hybridized carbons (Fsp3) is 0.308. The molecule has 1 aliphatic rings. The molecule has 0 radical (unpaired) electrons. The summed E-state index contributed by atoms with van der Waals surface area (Å²) < 4.78 is 3.03. The highest BCUT2D eigenvalue weighted by Crippen LogP contribution is 2.47. The number of nitrogens with one attached hydrogen (secondary N) is 1. The molecule has 6 heteroatoms. The Morgan fingerprint density at radius 2 is 1.81 bits per heavy atom. The first kappa shape index (κ1) is 22.3. The Balaban J connectivity index is 1.88. The van der Waals surface area contributed by atoms with Gasteiger partial charge in [-0.2, -0.15) is 0 Å². The van der Waals surface area contributed by atoms with Crippen LogP contribution in [0.5, 0.6) is 0 Å². The number of carbonyl (C=O) groups excluding carboxylic acids is 1. The minimum Gasteiger partial charge on any atom is -0.481 e. The van der Waals surface area contributed by atoms with Gasteiger partial charge in [0, 0.05) is 34.4 Å². The van der Waals surface area contributed by atoms with Crippen LogP contribution in [0.2, 0.25) is 0 Å². The van der Waals surface area contributed by atoms with Gasteiger partial charge in [0.2, 0.25) is 0 Å². The smallest absolute Gasteiger partial charge is 0.305 e. The molecule has 0 fully saturated rings. The fourth-order valence-electron chi connectivity index (χ4n) is 4.47. The molecule has 1 atom stereocenters. The van der Waals surface area contributed by atoms with Crippen LogP contribution in [0.25, 0.3) is 11.3 Å². The van der Waals surface area contributed by atoms with E-state index in [1.165, 1.54) is 0 Å². The molecule has 166 valence electrons. The van der Waals surface area contributed by atoms with Gasteiger partial charge in [-0.05, 0) is 48.2 Å². The highest BCUT2D eigenvalue weighted by atomic mass is 79.9. The largest absolute Gasteiger partial charge is 0.481 e. The lowest BCUT2D eigenvalue weighted by Gasteiger charge is -2.40. The van der Waals surface area contributed by atoms with Gasteiger partial charge in [0.25, 0.3) is 0 Å². The summed E-state index contributed by atoms with van der Waals surface area (Å²) >= 11 is 3.47. The van der Waals surface area contributed by atoms with E-state index in [9.17, 15) is 14.7 Å². The van der Waals surface area contributed by atoms with Gasteiger partial charge in [-0.3, -0.25) is 9.59 Å². The number of nitrogens with zero attached hydrogens (tertiary/aromatic N) is 1. The predicted molar refractivity (Wildman–Crippen MR) is 130 cm³/mol. The van der Waals surface area contributed by atoms with Gasteiger partial charge >= 0.3 is 5.97 Å². The van der Waals surface area contributed by atoms with Crippen LogP contribution < -0.4 is 5.32 Å². The number of fused-ring (bicyclic) bond motifs is 1. The molecule has 0 amide bonds. The topological polar surface area (TPSA) is 71.3 Å². The van der Waals surface area contributed by atoms with E-state index in [0.717, 1.165) is 32.7 Å². The average molecular weight is 495 g/mol. The molecule has 0 aliphatic heterocycles. The van der Waals surface area contributed by atoms with Crippen molar-refractivity contribution in [2.24, 2.45) is 5.41 Å². The van der Waals surface area contributed by atoms with Crippen LogP contribution >= 0.6 is 15.9 Å². The molecule has 0 bridgehead atoms. The first-order chi connectivity index (χ1) is 15.2. The fourth-order valence-corrected chi connectivity index (χ4v) is 4.73. The number of rotatable bonds is 6. The van der Waals surface area contributed by atoms with Gasteiger partial charge in [0.1, 0.15) is 0 Å². The molecule has 1 aliphatic carbocycles. The van der Waals surface area contributed by atoms with E-state index in [2.05, 4.69) is 35.1 Å². The molecule has 5 nitrogen and oxygen atoms in total. The number of carboxylic acid groups (broad SMARTS) is 1. The highest BCUT2D eigenvalue weighted by molar-refractivity contribution is 9.10. The highest BCUT2D eigenvalue weighted by Gasteiger charge is 2.43. The Labute approximate surface area is 196 Å². The third-order valence-electron chi connectivity index (χ3n) is 6.16. The lowest BCUT2D eigenvalue weighted by Crippen LogP contribution is -2.37. The standard InChI is InChI=1S/C26H27BrN2O3/c1-16-4-6-17(7-5-16)21-14-20-22(30)15-26(2,3)25(24(20)29(21)13-12-23(31)32)28-19-10-8-18(27)9-11-19/h4-11,14,25,28H,12-13,15H2,1-3H3,(H,31,32). The van der Waals surface area contributed by atoms with Crippen LogP contribution in [-0.4, -0.2) is 21.4 Å². The van der Waals surface area contributed by atoms with Crippen molar-refractivity contribution in [2.75, 3.05) is 5.32 Å². The molecule has 4 rings (SSSR count). The predicted octanol–water partition coefficient (Wildman–Crippen LogP) is 6.47. The molecule has 2 aromatic carbocycles. The second kappa shape index (κ2) is 8.58. The number of carbonyl (C=O) groups is 2. The molecule has 32 heavy (non-hydrogen) atoms. The van der Waals surface area contributed by atoms with Crippen molar-refractivity contribution in [2.45, 2.75) is 46.2 Å². The minimum absolute atomic E-state index is 0.0143. The number of anilines is 1. The van der Waals surface area contributed by atoms with Crippen molar-refractivity contribution in [3.63, 3.8) is 0 Å². The van der Waals surface area contributed by atoms with Crippen molar-refractivity contribution in [1.82, 2.24) is 4.57 Å². The van der Waals surface area contributed by atoms with E-state index in [1.807, 2.05) is 66.1 Å². The Bertz CT molecular complexity index is 1160. The Hall–Kier alpha value is -2.86. The summed E-state index contributed by atoms with van der Waals surface area (Å²) in [6.45, 7) is 6.51. The number of hydrogen-bond donors (Lipinski definition) is 2.